The zero-order valence-corrected chi connectivity index (χ0v) is 30.0. The van der Waals surface area contributed by atoms with Gasteiger partial charge in [-0.2, -0.15) is 5.06 Å². The first-order valence-electron chi connectivity index (χ1n) is 16.8. The predicted octanol–water partition coefficient (Wildman–Crippen LogP) is 3.99. The van der Waals surface area contributed by atoms with Gasteiger partial charge in [0.05, 0.1) is 48.3 Å². The van der Waals surface area contributed by atoms with Crippen molar-refractivity contribution in [1.82, 2.24) is 15.7 Å². The van der Waals surface area contributed by atoms with Gasteiger partial charge in [0, 0.05) is 12.6 Å². The van der Waals surface area contributed by atoms with Crippen LogP contribution in [0.1, 0.15) is 73.8 Å². The van der Waals surface area contributed by atoms with E-state index in [1.165, 1.54) is 30.3 Å². The van der Waals surface area contributed by atoms with Gasteiger partial charge in [-0.25, -0.2) is 4.79 Å². The van der Waals surface area contributed by atoms with E-state index in [9.17, 15) is 33.5 Å². The van der Waals surface area contributed by atoms with E-state index < -0.39 is 37.3 Å². The Hall–Kier alpha value is -4.85. The number of furan rings is 1. The third-order valence-electron chi connectivity index (χ3n) is 8.41. The van der Waals surface area contributed by atoms with Crippen molar-refractivity contribution >= 4 is 42.8 Å². The topological polar surface area (TPSA) is 197 Å². The first-order valence-corrected chi connectivity index (χ1v) is 18.4. The van der Waals surface area contributed by atoms with Gasteiger partial charge >= 0.3 is 13.6 Å². The van der Waals surface area contributed by atoms with Crippen LogP contribution < -0.4 is 30.3 Å². The Morgan fingerprint density at radius 2 is 1.84 bits per heavy atom. The number of unbranched alkanes of at least 4 members (excludes halogenated alkanes) is 2. The summed E-state index contributed by atoms with van der Waals surface area (Å²) in [5, 5.41) is 5.87. The smallest absolute Gasteiger partial charge is 0.363 e. The Balaban J connectivity index is 1.42. The lowest BCUT2D eigenvalue weighted by Gasteiger charge is -2.32. The molecule has 0 aliphatic carbocycles. The van der Waals surface area contributed by atoms with E-state index in [1.54, 1.807) is 32.0 Å². The number of nitrogens with zero attached hydrogens (tertiary/aromatic N) is 2. The molecule has 16 heteroatoms. The van der Waals surface area contributed by atoms with E-state index in [1.807, 2.05) is 18.9 Å². The lowest BCUT2D eigenvalue weighted by molar-refractivity contribution is -0.171. The van der Waals surface area contributed by atoms with Gasteiger partial charge in [0.25, 0.3) is 5.91 Å². The molecule has 0 bridgehead atoms. The maximum atomic E-state index is 13.5. The number of fused-ring (bicyclic) bond motifs is 1. The Morgan fingerprint density at radius 3 is 2.53 bits per heavy atom. The molecule has 0 saturated carbocycles. The molecule has 4 rings (SSSR count). The number of hydrogen-bond acceptors (Lipinski definition) is 10. The summed E-state index contributed by atoms with van der Waals surface area (Å²) in [5.41, 5.74) is 1.30. The third-order valence-corrected chi connectivity index (χ3v) is 9.34. The van der Waals surface area contributed by atoms with E-state index in [0.29, 0.717) is 50.1 Å². The van der Waals surface area contributed by atoms with Gasteiger partial charge in [-0.15, -0.1) is 0 Å². The molecule has 2 heterocycles. The summed E-state index contributed by atoms with van der Waals surface area (Å²) in [6.07, 6.45) is 3.49. The van der Waals surface area contributed by atoms with Gasteiger partial charge in [0.15, 0.2) is 5.76 Å². The number of ether oxygens (including phenoxy) is 2. The van der Waals surface area contributed by atoms with Gasteiger partial charge in [0.1, 0.15) is 23.9 Å². The minimum atomic E-state index is -4.61. The summed E-state index contributed by atoms with van der Waals surface area (Å²) < 4.78 is 28.7. The summed E-state index contributed by atoms with van der Waals surface area (Å²) in [7, 11) is -2.69. The molecule has 2 aromatic carbocycles. The van der Waals surface area contributed by atoms with Crippen LogP contribution >= 0.6 is 7.60 Å². The van der Waals surface area contributed by atoms with E-state index in [2.05, 4.69) is 10.6 Å². The fraction of sp³-hybridized carbons (Fsp3) is 0.429. The van der Waals surface area contributed by atoms with Crippen LogP contribution in [0, 0.1) is 5.92 Å². The maximum Gasteiger partial charge on any atom is 0.363 e. The quantitative estimate of drug-likeness (QED) is 0.0484. The molecule has 3 aromatic rings. The van der Waals surface area contributed by atoms with Crippen LogP contribution in [0.2, 0.25) is 0 Å². The number of hydrogen-bond donors (Lipinski definition) is 4. The lowest BCUT2D eigenvalue weighted by Crippen LogP contribution is -2.49. The normalized spacial score (nSPS) is 13.6. The first kappa shape index (κ1) is 38.9. The van der Waals surface area contributed by atoms with E-state index in [-0.39, 0.29) is 41.4 Å². The van der Waals surface area contributed by atoms with Crippen molar-refractivity contribution in [1.29, 1.82) is 0 Å². The van der Waals surface area contributed by atoms with Crippen molar-refractivity contribution in [3.63, 3.8) is 0 Å². The van der Waals surface area contributed by atoms with Gasteiger partial charge < -0.3 is 44.0 Å². The van der Waals surface area contributed by atoms with Crippen LogP contribution in [-0.2, 0) is 19.0 Å². The second-order valence-electron chi connectivity index (χ2n) is 12.0. The number of carbonyl (C=O) groups is 4. The van der Waals surface area contributed by atoms with Crippen LogP contribution in [0.4, 0.5) is 5.69 Å². The standard InChI is InChI=1S/C35H45N4O11P/c1-5-8-9-10-27(28(6-2)39(22-40)50-35(43)23-11-12-29-32(19-23)48-16-15-38(29)4)33(41)36-21-37-34(42)31-14-13-30(49-31)24-17-25(47-7-3)20-26(18-24)51(44,45)46/h11-14,17-20,22,27-28H,5-10,15-16,21H2,1-4H3,(H,36,41)(H,37,42)(H2,44,45,46). The Bertz CT molecular complexity index is 1740. The van der Waals surface area contributed by atoms with Crippen molar-refractivity contribution in [3.8, 4) is 22.8 Å². The summed E-state index contributed by atoms with van der Waals surface area (Å²) in [5.74, 6) is -1.85. The van der Waals surface area contributed by atoms with Gasteiger partial charge in [-0.3, -0.25) is 18.9 Å². The fourth-order valence-electron chi connectivity index (χ4n) is 5.74. The number of benzene rings is 2. The molecule has 0 saturated heterocycles. The molecule has 276 valence electrons. The average Bonchev–Trinajstić information content (AvgIpc) is 3.61. The van der Waals surface area contributed by atoms with Gasteiger partial charge in [0.2, 0.25) is 12.3 Å². The molecule has 0 spiro atoms. The third kappa shape index (κ3) is 10.1. The van der Waals surface area contributed by atoms with Crippen LogP contribution in [0.3, 0.4) is 0 Å². The van der Waals surface area contributed by atoms with E-state index in [0.717, 1.165) is 23.6 Å². The van der Waals surface area contributed by atoms with Crippen molar-refractivity contribution < 1.29 is 52.3 Å². The van der Waals surface area contributed by atoms with E-state index in [4.69, 9.17) is 18.7 Å². The monoisotopic (exact) mass is 728 g/mol. The van der Waals surface area contributed by atoms with Gasteiger partial charge in [-0.1, -0.05) is 33.1 Å². The number of nitrogens with one attached hydrogen (secondary N) is 2. The minimum absolute atomic E-state index is 0.108. The molecule has 1 aliphatic heterocycles. The number of anilines is 1. The minimum Gasteiger partial charge on any atom is -0.494 e. The Kier molecular flexibility index (Phi) is 13.7. The summed E-state index contributed by atoms with van der Waals surface area (Å²) in [6.45, 7) is 6.69. The maximum absolute atomic E-state index is 13.5. The fourth-order valence-corrected chi connectivity index (χ4v) is 6.35. The van der Waals surface area contributed by atoms with Crippen molar-refractivity contribution in [3.05, 3.63) is 59.9 Å². The Labute approximate surface area is 296 Å². The lowest BCUT2D eigenvalue weighted by atomic mass is 9.90. The number of amides is 3. The molecule has 0 fully saturated rings. The molecule has 2 unspecified atom stereocenters. The predicted molar refractivity (Wildman–Crippen MR) is 188 cm³/mol. The number of likely N-dealkylation sites (N-methyl/N-ethyl adjacent to an activating group) is 1. The summed E-state index contributed by atoms with van der Waals surface area (Å²) in [6, 6.07) is 11.0. The van der Waals surface area contributed by atoms with Crippen molar-refractivity contribution in [2.24, 2.45) is 5.92 Å². The van der Waals surface area contributed by atoms with Crippen LogP contribution in [0.5, 0.6) is 11.5 Å². The van der Waals surface area contributed by atoms with Crippen molar-refractivity contribution in [2.45, 2.75) is 58.9 Å². The highest BCUT2D eigenvalue weighted by Gasteiger charge is 2.34. The molecular formula is C35H45N4O11P. The second-order valence-corrected chi connectivity index (χ2v) is 13.6. The van der Waals surface area contributed by atoms with Gasteiger partial charge in [-0.05, 0) is 68.3 Å². The second kappa shape index (κ2) is 17.9. The molecule has 2 atom stereocenters. The molecule has 4 N–H and O–H groups in total. The SMILES string of the molecule is CCCCCC(C(=O)NCNC(=O)c1ccc(-c2cc(OCC)cc(P(=O)(O)O)c2)o1)C(CC)N(C=O)OC(=O)c1ccc2c(c1)OCCN2C. The van der Waals surface area contributed by atoms with Crippen molar-refractivity contribution in [2.75, 3.05) is 38.4 Å². The highest BCUT2D eigenvalue weighted by Crippen LogP contribution is 2.37. The highest BCUT2D eigenvalue weighted by atomic mass is 31.2. The average molecular weight is 729 g/mol. The van der Waals surface area contributed by atoms with Crippen LogP contribution in [0.15, 0.2) is 52.9 Å². The summed E-state index contributed by atoms with van der Waals surface area (Å²) >= 11 is 0. The first-order chi connectivity index (χ1) is 24.4. The van der Waals surface area contributed by atoms with Crippen LogP contribution in [0.25, 0.3) is 11.3 Å². The molecule has 51 heavy (non-hydrogen) atoms. The zero-order valence-electron chi connectivity index (χ0n) is 29.1. The molecular weight excluding hydrogens is 683 g/mol. The summed E-state index contributed by atoms with van der Waals surface area (Å²) in [4.78, 5) is 78.8. The molecule has 15 nitrogen and oxygen atoms in total. The molecule has 1 aromatic heterocycles. The Morgan fingerprint density at radius 1 is 1.06 bits per heavy atom. The zero-order chi connectivity index (χ0) is 37.1. The number of hydroxylamine groups is 2. The number of carbonyl (C=O) groups excluding carboxylic acids is 4. The molecule has 3 amide bonds. The number of rotatable bonds is 18. The molecule has 0 radical (unpaired) electrons. The van der Waals surface area contributed by atoms with Crippen LogP contribution in [-0.4, -0.2) is 78.6 Å². The van der Waals surface area contributed by atoms with E-state index >= 15 is 0 Å². The largest absolute Gasteiger partial charge is 0.494 e. The highest BCUT2D eigenvalue weighted by molar-refractivity contribution is 7.60. The molecule has 1 aliphatic rings.